The number of benzene rings is 2. The summed E-state index contributed by atoms with van der Waals surface area (Å²) in [5.41, 5.74) is 25.9. The number of hydrogen-bond donors (Lipinski definition) is 7. The van der Waals surface area contributed by atoms with E-state index in [4.69, 9.17) is 41.9 Å². The van der Waals surface area contributed by atoms with Gasteiger partial charge < -0.3 is 57.8 Å². The maximum atomic E-state index is 12.1. The van der Waals surface area contributed by atoms with Crippen molar-refractivity contribution in [1.29, 1.82) is 0 Å². The summed E-state index contributed by atoms with van der Waals surface area (Å²) < 4.78 is 22.0. The predicted octanol–water partition coefficient (Wildman–Crippen LogP) is 1.08. The first-order valence-electron chi connectivity index (χ1n) is 17.6. The first-order valence-corrected chi connectivity index (χ1v) is 17.6. The lowest BCUT2D eigenvalue weighted by Crippen LogP contribution is -2.26. The van der Waals surface area contributed by atoms with Crippen molar-refractivity contribution in [2.24, 2.45) is 43.3 Å². The molecule has 0 saturated carbocycles. The molecule has 0 heterocycles. The Balaban J connectivity index is 0.00000690. The van der Waals surface area contributed by atoms with Gasteiger partial charge in [-0.25, -0.2) is 0 Å². The third kappa shape index (κ3) is 24.0. The summed E-state index contributed by atoms with van der Waals surface area (Å²) in [5.74, 6) is 0.951. The van der Waals surface area contributed by atoms with Gasteiger partial charge in [0.05, 0.1) is 52.9 Å². The van der Waals surface area contributed by atoms with Crippen LogP contribution in [-0.2, 0) is 41.6 Å². The number of rotatable bonds is 26. The van der Waals surface area contributed by atoms with E-state index in [0.717, 1.165) is 11.1 Å². The fourth-order valence-corrected chi connectivity index (χ4v) is 3.93. The molecule has 17 heteroatoms. The van der Waals surface area contributed by atoms with Crippen LogP contribution in [-0.4, -0.2) is 101 Å². The van der Waals surface area contributed by atoms with Crippen LogP contribution in [0.15, 0.2) is 68.9 Å². The van der Waals surface area contributed by atoms with Gasteiger partial charge >= 0.3 is 0 Å². The van der Waals surface area contributed by atoms with Gasteiger partial charge in [0.25, 0.3) is 0 Å². The molecule has 294 valence electrons. The normalized spacial score (nSPS) is 12.2. The van der Waals surface area contributed by atoms with E-state index in [0.29, 0.717) is 102 Å². The molecule has 0 bridgehead atoms. The summed E-state index contributed by atoms with van der Waals surface area (Å²) in [5, 5.41) is 24.1. The van der Waals surface area contributed by atoms with Crippen LogP contribution in [0.3, 0.4) is 0 Å². The average Bonchev–Trinajstić information content (AvgIpc) is 3.16. The Hall–Kier alpha value is -4.94. The van der Waals surface area contributed by atoms with E-state index in [1.165, 1.54) is 0 Å². The van der Waals surface area contributed by atoms with Gasteiger partial charge in [0, 0.05) is 50.1 Å². The molecular weight excluding hydrogens is 682 g/mol. The number of amidine groups is 4. The molecule has 0 aliphatic heterocycles. The van der Waals surface area contributed by atoms with Crippen molar-refractivity contribution in [3.8, 4) is 0 Å². The standard InChI is InChI=1S/C34H53N11O6.C2H6/c1-25(35)42-44-33(37)29-7-3-27(4-8-29)23-40-31(46)11-15-48-19-21-50-17-13-39-14-18-51-22-20-49-16-12-32(47)41-24-28-5-9-30(10-6-28)34(38)45-43-26(2)36;1-2/h3-10,39H,11-24H2,1-2H3,(H2,35,42)(H2,36,43)(H2,37,44)(H2,38,45)(H,40,46)(H,41,47);1-2H3. The highest BCUT2D eigenvalue weighted by atomic mass is 16.5. The van der Waals surface area contributed by atoms with Crippen molar-refractivity contribution >= 4 is 35.2 Å². The minimum Gasteiger partial charge on any atom is -0.386 e. The second-order valence-corrected chi connectivity index (χ2v) is 11.1. The Morgan fingerprint density at radius 2 is 0.868 bits per heavy atom. The van der Waals surface area contributed by atoms with E-state index in [9.17, 15) is 9.59 Å². The summed E-state index contributed by atoms with van der Waals surface area (Å²) in [6.07, 6.45) is 0.514. The fourth-order valence-electron chi connectivity index (χ4n) is 3.93. The highest BCUT2D eigenvalue weighted by Gasteiger charge is 2.05. The Labute approximate surface area is 313 Å². The van der Waals surface area contributed by atoms with Crippen molar-refractivity contribution in [2.45, 2.75) is 53.6 Å². The van der Waals surface area contributed by atoms with Gasteiger partial charge in [0.2, 0.25) is 11.8 Å². The van der Waals surface area contributed by atoms with Crippen LogP contribution in [0.25, 0.3) is 0 Å². The van der Waals surface area contributed by atoms with Crippen molar-refractivity contribution in [3.05, 3.63) is 70.8 Å². The molecule has 0 aliphatic carbocycles. The monoisotopic (exact) mass is 741 g/mol. The quantitative estimate of drug-likeness (QED) is 0.0311. The van der Waals surface area contributed by atoms with Crippen molar-refractivity contribution in [1.82, 2.24) is 16.0 Å². The molecule has 0 saturated heterocycles. The number of hydrogen-bond acceptors (Lipinski definition) is 11. The molecule has 11 N–H and O–H groups in total. The molecule has 0 aliphatic rings. The molecule has 0 spiro atoms. The van der Waals surface area contributed by atoms with Gasteiger partial charge in [-0.05, 0) is 25.0 Å². The molecule has 53 heavy (non-hydrogen) atoms. The zero-order chi connectivity index (χ0) is 39.1. The van der Waals surface area contributed by atoms with Gasteiger partial charge in [-0.1, -0.05) is 62.4 Å². The van der Waals surface area contributed by atoms with E-state index < -0.39 is 0 Å². The summed E-state index contributed by atoms with van der Waals surface area (Å²) >= 11 is 0. The van der Waals surface area contributed by atoms with Crippen LogP contribution in [0.4, 0.5) is 0 Å². The average molecular weight is 742 g/mol. The van der Waals surface area contributed by atoms with Crippen molar-refractivity contribution < 1.29 is 28.5 Å². The molecule has 0 radical (unpaired) electrons. The molecule has 17 nitrogen and oxygen atoms in total. The molecule has 2 aromatic rings. The first kappa shape index (κ1) is 46.1. The highest BCUT2D eigenvalue weighted by Crippen LogP contribution is 2.06. The smallest absolute Gasteiger partial charge is 0.222 e. The van der Waals surface area contributed by atoms with Crippen LogP contribution in [0, 0.1) is 0 Å². The number of amides is 2. The van der Waals surface area contributed by atoms with E-state index in [1.807, 2.05) is 62.4 Å². The van der Waals surface area contributed by atoms with E-state index in [1.54, 1.807) is 13.8 Å². The van der Waals surface area contributed by atoms with Crippen molar-refractivity contribution in [2.75, 3.05) is 65.9 Å². The second-order valence-electron chi connectivity index (χ2n) is 11.1. The molecule has 0 unspecified atom stereocenters. The number of nitrogens with one attached hydrogen (secondary N) is 3. The van der Waals surface area contributed by atoms with Gasteiger partial charge in [-0.15, -0.1) is 20.4 Å². The third-order valence-electron chi connectivity index (χ3n) is 6.65. The molecule has 2 aromatic carbocycles. The second kappa shape index (κ2) is 29.6. The Bertz CT molecular complexity index is 1320. The number of nitrogens with two attached hydrogens (primary N) is 4. The van der Waals surface area contributed by atoms with Crippen LogP contribution >= 0.6 is 0 Å². The van der Waals surface area contributed by atoms with Crippen LogP contribution in [0.5, 0.6) is 0 Å². The van der Waals surface area contributed by atoms with Gasteiger partial charge in [-0.3, -0.25) is 9.59 Å². The topological polar surface area (TPSA) is 261 Å². The summed E-state index contributed by atoms with van der Waals surface area (Å²) in [6.45, 7) is 12.8. The predicted molar refractivity (Wildman–Crippen MR) is 209 cm³/mol. The van der Waals surface area contributed by atoms with Crippen molar-refractivity contribution in [3.63, 3.8) is 0 Å². The molecule has 2 rings (SSSR count). The van der Waals surface area contributed by atoms with E-state index >= 15 is 0 Å². The summed E-state index contributed by atoms with van der Waals surface area (Å²) in [6, 6.07) is 14.7. The Morgan fingerprint density at radius 1 is 0.528 bits per heavy atom. The number of ether oxygens (including phenoxy) is 4. The molecule has 0 fully saturated rings. The minimum absolute atomic E-state index is 0.103. The summed E-state index contributed by atoms with van der Waals surface area (Å²) in [4.78, 5) is 24.2. The Morgan fingerprint density at radius 3 is 1.21 bits per heavy atom. The lowest BCUT2D eigenvalue weighted by molar-refractivity contribution is -0.123. The maximum Gasteiger partial charge on any atom is 0.222 e. The largest absolute Gasteiger partial charge is 0.386 e. The van der Waals surface area contributed by atoms with Gasteiger partial charge in [0.15, 0.2) is 11.7 Å². The maximum absolute atomic E-state index is 12.1. The number of carbonyl (C=O) groups is 2. The van der Waals surface area contributed by atoms with Gasteiger partial charge in [-0.2, -0.15) is 0 Å². The molecule has 0 aromatic heterocycles. The third-order valence-corrected chi connectivity index (χ3v) is 6.65. The summed E-state index contributed by atoms with van der Waals surface area (Å²) in [7, 11) is 0. The number of nitrogens with zero attached hydrogens (tertiary/aromatic N) is 4. The minimum atomic E-state index is -0.103. The fraction of sp³-hybridized carbons (Fsp3) is 0.500. The van der Waals surface area contributed by atoms with Crippen LogP contribution in [0.2, 0.25) is 0 Å². The lowest BCUT2D eigenvalue weighted by atomic mass is 10.1. The molecule has 0 atom stereocenters. The van der Waals surface area contributed by atoms with Gasteiger partial charge in [0.1, 0.15) is 11.7 Å². The zero-order valence-electron chi connectivity index (χ0n) is 31.6. The first-order chi connectivity index (χ1) is 25.6. The van der Waals surface area contributed by atoms with Crippen LogP contribution < -0.4 is 38.9 Å². The number of carbonyl (C=O) groups excluding carboxylic acids is 2. The SMILES string of the molecule is C/C(N)=N/N=C(\N)c1ccc(CNC(=O)CCOCCOCCNCCOCCOCCC(=O)NCc2ccc(/C(N)=N/N=C(/C)N)cc2)cc1.CC. The Kier molecular flexibility index (Phi) is 25.8. The zero-order valence-corrected chi connectivity index (χ0v) is 31.6. The highest BCUT2D eigenvalue weighted by molar-refractivity contribution is 5.98. The lowest BCUT2D eigenvalue weighted by Gasteiger charge is -2.09. The van der Waals surface area contributed by atoms with Crippen LogP contribution in [0.1, 0.15) is 62.8 Å². The molecular formula is C36H59N11O6. The van der Waals surface area contributed by atoms with E-state index in [-0.39, 0.29) is 36.3 Å². The molecule has 2 amide bonds. The van der Waals surface area contributed by atoms with E-state index in [2.05, 4.69) is 36.4 Å².